The maximum absolute atomic E-state index is 12.2. The summed E-state index contributed by atoms with van der Waals surface area (Å²) in [5, 5.41) is 6.02. The third-order valence-electron chi connectivity index (χ3n) is 3.39. The van der Waals surface area contributed by atoms with E-state index in [9.17, 15) is 4.79 Å². The topological polar surface area (TPSA) is 63.2 Å². The van der Waals surface area contributed by atoms with Crippen molar-refractivity contribution in [2.45, 2.75) is 0 Å². The summed E-state index contributed by atoms with van der Waals surface area (Å²) in [5.74, 6) is 0.415. The lowest BCUT2D eigenvalue weighted by Crippen LogP contribution is -2.13. The predicted molar refractivity (Wildman–Crippen MR) is 94.9 cm³/mol. The lowest BCUT2D eigenvalue weighted by Gasteiger charge is -2.08. The first kappa shape index (κ1) is 15.6. The molecule has 1 amide bonds. The molecule has 0 fully saturated rings. The van der Waals surface area contributed by atoms with Gasteiger partial charge in [0.25, 0.3) is 5.91 Å². The van der Waals surface area contributed by atoms with Crippen molar-refractivity contribution in [2.75, 3.05) is 17.7 Å². The first-order valence-corrected chi connectivity index (χ1v) is 7.48. The molecule has 0 aliphatic rings. The van der Waals surface area contributed by atoms with Gasteiger partial charge in [-0.1, -0.05) is 24.3 Å². The molecular weight excluding hydrogens is 302 g/mol. The van der Waals surface area contributed by atoms with Crippen molar-refractivity contribution in [2.24, 2.45) is 0 Å². The molecule has 0 bridgehead atoms. The van der Waals surface area contributed by atoms with Crippen LogP contribution in [0.2, 0.25) is 0 Å². The Morgan fingerprint density at radius 2 is 1.71 bits per heavy atom. The molecule has 0 aliphatic carbocycles. The number of methoxy groups -OCH3 is 1. The minimum Gasteiger partial charge on any atom is -0.497 e. The number of carbonyl (C=O) groups is 1. The summed E-state index contributed by atoms with van der Waals surface area (Å²) in [4.78, 5) is 16.5. The van der Waals surface area contributed by atoms with E-state index in [1.165, 1.54) is 0 Å². The number of para-hydroxylation sites is 1. The molecule has 0 unspecified atom stereocenters. The van der Waals surface area contributed by atoms with Crippen LogP contribution < -0.4 is 15.4 Å². The molecule has 5 nitrogen and oxygen atoms in total. The van der Waals surface area contributed by atoms with Crippen LogP contribution in [0.25, 0.3) is 0 Å². The number of aromatic nitrogens is 1. The molecule has 0 saturated heterocycles. The van der Waals surface area contributed by atoms with E-state index in [2.05, 4.69) is 15.6 Å². The van der Waals surface area contributed by atoms with Crippen molar-refractivity contribution >= 4 is 23.0 Å². The summed E-state index contributed by atoms with van der Waals surface area (Å²) in [7, 11) is 1.58. The molecule has 5 heteroatoms. The number of nitrogens with one attached hydrogen (secondary N) is 2. The SMILES string of the molecule is COc1cccc(NC(=O)c2ccc(Nc3ccccc3)cn2)c1. The lowest BCUT2D eigenvalue weighted by molar-refractivity contribution is 0.102. The summed E-state index contributed by atoms with van der Waals surface area (Å²) in [5.41, 5.74) is 2.79. The lowest BCUT2D eigenvalue weighted by atomic mass is 10.2. The highest BCUT2D eigenvalue weighted by Gasteiger charge is 2.08. The molecular formula is C19H17N3O2. The van der Waals surface area contributed by atoms with Crippen molar-refractivity contribution in [3.8, 4) is 5.75 Å². The number of hydrogen-bond donors (Lipinski definition) is 2. The Morgan fingerprint density at radius 3 is 2.42 bits per heavy atom. The van der Waals surface area contributed by atoms with Gasteiger partial charge in [0.2, 0.25) is 0 Å². The van der Waals surface area contributed by atoms with Crippen LogP contribution in [0.5, 0.6) is 5.75 Å². The first-order chi connectivity index (χ1) is 11.7. The van der Waals surface area contributed by atoms with E-state index in [1.807, 2.05) is 48.5 Å². The highest BCUT2D eigenvalue weighted by Crippen LogP contribution is 2.18. The second-order valence-electron chi connectivity index (χ2n) is 5.11. The summed E-state index contributed by atoms with van der Waals surface area (Å²) >= 11 is 0. The molecule has 0 atom stereocenters. The summed E-state index contributed by atoms with van der Waals surface area (Å²) in [6.07, 6.45) is 1.63. The van der Waals surface area contributed by atoms with Gasteiger partial charge < -0.3 is 15.4 Å². The number of carbonyl (C=O) groups excluding carboxylic acids is 1. The van der Waals surface area contributed by atoms with E-state index in [4.69, 9.17) is 4.74 Å². The molecule has 3 aromatic rings. The number of rotatable bonds is 5. The van der Waals surface area contributed by atoms with Crippen LogP contribution in [-0.4, -0.2) is 18.0 Å². The monoisotopic (exact) mass is 319 g/mol. The fraction of sp³-hybridized carbons (Fsp3) is 0.0526. The molecule has 3 rings (SSSR count). The summed E-state index contributed by atoms with van der Waals surface area (Å²) < 4.78 is 5.14. The van der Waals surface area contributed by atoms with Gasteiger partial charge in [-0.2, -0.15) is 0 Å². The van der Waals surface area contributed by atoms with Gasteiger partial charge in [-0.05, 0) is 36.4 Å². The molecule has 1 heterocycles. The minimum atomic E-state index is -0.269. The third-order valence-corrected chi connectivity index (χ3v) is 3.39. The maximum atomic E-state index is 12.2. The molecule has 0 saturated carbocycles. The number of amides is 1. The zero-order chi connectivity index (χ0) is 16.8. The smallest absolute Gasteiger partial charge is 0.274 e. The van der Waals surface area contributed by atoms with Crippen LogP contribution in [-0.2, 0) is 0 Å². The number of nitrogens with zero attached hydrogens (tertiary/aromatic N) is 1. The van der Waals surface area contributed by atoms with E-state index in [0.29, 0.717) is 17.1 Å². The van der Waals surface area contributed by atoms with Crippen molar-refractivity contribution in [3.05, 3.63) is 78.6 Å². The van der Waals surface area contributed by atoms with Crippen LogP contribution in [0.4, 0.5) is 17.1 Å². The van der Waals surface area contributed by atoms with Crippen LogP contribution >= 0.6 is 0 Å². The van der Waals surface area contributed by atoms with Crippen LogP contribution in [0.15, 0.2) is 72.9 Å². The van der Waals surface area contributed by atoms with Crippen molar-refractivity contribution in [1.82, 2.24) is 4.98 Å². The van der Waals surface area contributed by atoms with Gasteiger partial charge in [-0.25, -0.2) is 4.98 Å². The molecule has 0 radical (unpaired) electrons. The summed E-state index contributed by atoms with van der Waals surface area (Å²) in [6, 6.07) is 20.5. The fourth-order valence-electron chi connectivity index (χ4n) is 2.19. The highest BCUT2D eigenvalue weighted by molar-refractivity contribution is 6.03. The van der Waals surface area contributed by atoms with Crippen molar-refractivity contribution in [1.29, 1.82) is 0 Å². The Hall–Kier alpha value is -3.34. The third kappa shape index (κ3) is 3.89. The van der Waals surface area contributed by atoms with Gasteiger partial charge in [0.1, 0.15) is 11.4 Å². The van der Waals surface area contributed by atoms with Crippen LogP contribution in [0.1, 0.15) is 10.5 Å². The predicted octanol–water partition coefficient (Wildman–Crippen LogP) is 4.09. The maximum Gasteiger partial charge on any atom is 0.274 e. The van der Waals surface area contributed by atoms with Gasteiger partial charge in [0.05, 0.1) is 19.0 Å². The highest BCUT2D eigenvalue weighted by atomic mass is 16.5. The minimum absolute atomic E-state index is 0.269. The fourth-order valence-corrected chi connectivity index (χ4v) is 2.19. The number of anilines is 3. The largest absolute Gasteiger partial charge is 0.497 e. The van der Waals surface area contributed by atoms with E-state index in [1.54, 1.807) is 31.5 Å². The molecule has 0 spiro atoms. The van der Waals surface area contributed by atoms with E-state index >= 15 is 0 Å². The number of ether oxygens (including phenoxy) is 1. The second kappa shape index (κ2) is 7.28. The number of pyridine rings is 1. The Kier molecular flexibility index (Phi) is 4.72. The normalized spacial score (nSPS) is 10.0. The van der Waals surface area contributed by atoms with Gasteiger partial charge in [0.15, 0.2) is 0 Å². The Morgan fingerprint density at radius 1 is 0.917 bits per heavy atom. The van der Waals surface area contributed by atoms with Crippen molar-refractivity contribution < 1.29 is 9.53 Å². The molecule has 1 aromatic heterocycles. The number of hydrogen-bond acceptors (Lipinski definition) is 4. The van der Waals surface area contributed by atoms with E-state index < -0.39 is 0 Å². The standard InChI is InChI=1S/C19H17N3O2/c1-24-17-9-5-8-15(12-17)22-19(23)18-11-10-16(13-20-18)21-14-6-3-2-4-7-14/h2-13,21H,1H3,(H,22,23). The second-order valence-corrected chi connectivity index (χ2v) is 5.11. The molecule has 24 heavy (non-hydrogen) atoms. The molecule has 2 N–H and O–H groups in total. The van der Waals surface area contributed by atoms with Gasteiger partial charge >= 0.3 is 0 Å². The molecule has 2 aromatic carbocycles. The molecule has 0 aliphatic heterocycles. The molecule has 120 valence electrons. The zero-order valence-corrected chi connectivity index (χ0v) is 13.2. The van der Waals surface area contributed by atoms with Crippen molar-refractivity contribution in [3.63, 3.8) is 0 Å². The first-order valence-electron chi connectivity index (χ1n) is 7.48. The quantitative estimate of drug-likeness (QED) is 0.743. The average Bonchev–Trinajstić information content (AvgIpc) is 2.63. The van der Waals surface area contributed by atoms with Crippen LogP contribution in [0.3, 0.4) is 0 Å². The van der Waals surface area contributed by atoms with Gasteiger partial charge in [-0.3, -0.25) is 4.79 Å². The number of benzene rings is 2. The zero-order valence-electron chi connectivity index (χ0n) is 13.2. The van der Waals surface area contributed by atoms with E-state index in [-0.39, 0.29) is 5.91 Å². The van der Waals surface area contributed by atoms with Gasteiger partial charge in [0, 0.05) is 17.4 Å². The average molecular weight is 319 g/mol. The Balaban J connectivity index is 1.67. The van der Waals surface area contributed by atoms with Gasteiger partial charge in [-0.15, -0.1) is 0 Å². The van der Waals surface area contributed by atoms with E-state index in [0.717, 1.165) is 11.4 Å². The van der Waals surface area contributed by atoms with Crippen LogP contribution in [0, 0.1) is 0 Å². The Bertz CT molecular complexity index is 818. The summed E-state index contributed by atoms with van der Waals surface area (Å²) in [6.45, 7) is 0. The Labute approximate surface area is 140 Å².